The van der Waals surface area contributed by atoms with E-state index in [1.165, 1.54) is 12.1 Å². The number of ether oxygens (including phenoxy) is 1. The molecule has 1 aromatic carbocycles. The molecule has 0 bridgehead atoms. The molecule has 100 valence electrons. The van der Waals surface area contributed by atoms with Gasteiger partial charge in [0, 0.05) is 0 Å². The average Bonchev–Trinajstić information content (AvgIpc) is 2.25. The molecular formula is C13H17NaO4S. The van der Waals surface area contributed by atoms with Crippen molar-refractivity contribution in [3.8, 4) is 5.75 Å². The number of benzene rings is 1. The molecule has 0 fully saturated rings. The molecule has 0 aromatic heterocycles. The van der Waals surface area contributed by atoms with Gasteiger partial charge in [0.25, 0.3) is 0 Å². The van der Waals surface area contributed by atoms with Gasteiger partial charge in [0.1, 0.15) is 22.5 Å². The van der Waals surface area contributed by atoms with Crippen molar-refractivity contribution in [1.29, 1.82) is 0 Å². The summed E-state index contributed by atoms with van der Waals surface area (Å²) in [5.74, 6) is 0.550. The summed E-state index contributed by atoms with van der Waals surface area (Å²) < 4.78 is 38.7. The Hall–Kier alpha value is -0.330. The molecule has 0 amide bonds. The Labute approximate surface area is 136 Å². The van der Waals surface area contributed by atoms with Gasteiger partial charge in [-0.15, -0.1) is 0 Å². The molecule has 0 saturated heterocycles. The molecule has 19 heavy (non-hydrogen) atoms. The zero-order valence-corrected chi connectivity index (χ0v) is 14.4. The van der Waals surface area contributed by atoms with Crippen molar-refractivity contribution in [2.45, 2.75) is 31.6 Å². The normalized spacial score (nSPS) is 10.7. The largest absolute Gasteiger partial charge is 1.00 e. The first-order valence-corrected chi connectivity index (χ1v) is 7.11. The minimum atomic E-state index is -4.43. The van der Waals surface area contributed by atoms with Crippen LogP contribution >= 0.6 is 0 Å². The first-order chi connectivity index (χ1) is 8.34. The first-order valence-electron chi connectivity index (χ1n) is 5.70. The van der Waals surface area contributed by atoms with E-state index < -0.39 is 10.1 Å². The van der Waals surface area contributed by atoms with Crippen molar-refractivity contribution in [2.75, 3.05) is 6.61 Å². The van der Waals surface area contributed by atoms with Crippen LogP contribution in [0.5, 0.6) is 5.75 Å². The second kappa shape index (κ2) is 8.07. The SMILES string of the molecule is C=C(C)COc1ccc(S(=O)(=O)[O-])c(CCC)c1.[Na+]. The standard InChI is InChI=1S/C13H18O4S.Na/c1-4-5-11-8-12(17-9-10(2)3)6-7-13(11)18(14,15)16;/h6-8H,2,4-5,9H2,1,3H3,(H,14,15,16);/q;+1/p-1. The molecule has 1 aromatic rings. The van der Waals surface area contributed by atoms with Crippen molar-refractivity contribution in [1.82, 2.24) is 0 Å². The van der Waals surface area contributed by atoms with Crippen LogP contribution in [0.15, 0.2) is 35.2 Å². The molecule has 6 heteroatoms. The average molecular weight is 292 g/mol. The third kappa shape index (κ3) is 6.10. The molecule has 0 heterocycles. The summed E-state index contributed by atoms with van der Waals surface area (Å²) >= 11 is 0. The summed E-state index contributed by atoms with van der Waals surface area (Å²) in [6, 6.07) is 4.41. The summed E-state index contributed by atoms with van der Waals surface area (Å²) in [4.78, 5) is -0.160. The smallest absolute Gasteiger partial charge is 0.744 e. The van der Waals surface area contributed by atoms with Gasteiger partial charge in [0.15, 0.2) is 0 Å². The third-order valence-corrected chi connectivity index (χ3v) is 3.24. The van der Waals surface area contributed by atoms with Gasteiger partial charge in [-0.1, -0.05) is 19.9 Å². The molecule has 0 unspecified atom stereocenters. The molecule has 0 radical (unpaired) electrons. The van der Waals surface area contributed by atoms with E-state index in [4.69, 9.17) is 4.74 Å². The van der Waals surface area contributed by atoms with Gasteiger partial charge in [-0.2, -0.15) is 0 Å². The fourth-order valence-corrected chi connectivity index (χ4v) is 2.28. The van der Waals surface area contributed by atoms with Gasteiger partial charge < -0.3 is 9.29 Å². The van der Waals surface area contributed by atoms with E-state index in [-0.39, 0.29) is 34.5 Å². The predicted molar refractivity (Wildman–Crippen MR) is 68.7 cm³/mol. The Bertz CT molecular complexity index is 538. The minimum Gasteiger partial charge on any atom is -0.744 e. The van der Waals surface area contributed by atoms with Crippen LogP contribution in [0.1, 0.15) is 25.8 Å². The second-order valence-electron chi connectivity index (χ2n) is 4.22. The van der Waals surface area contributed by atoms with Crippen LogP contribution in [-0.2, 0) is 16.5 Å². The maximum atomic E-state index is 11.1. The third-order valence-electron chi connectivity index (χ3n) is 2.31. The minimum absolute atomic E-state index is 0. The Morgan fingerprint density at radius 2 is 2.05 bits per heavy atom. The summed E-state index contributed by atoms with van der Waals surface area (Å²) in [5, 5.41) is 0. The van der Waals surface area contributed by atoms with Crippen LogP contribution in [0.2, 0.25) is 0 Å². The molecule has 0 saturated carbocycles. The summed E-state index contributed by atoms with van der Waals surface area (Å²) in [6.07, 6.45) is 1.29. The predicted octanol–water partition coefficient (Wildman–Crippen LogP) is -0.498. The van der Waals surface area contributed by atoms with Crippen molar-refractivity contribution in [3.05, 3.63) is 35.9 Å². The van der Waals surface area contributed by atoms with Crippen molar-refractivity contribution in [2.24, 2.45) is 0 Å². The van der Waals surface area contributed by atoms with E-state index in [9.17, 15) is 13.0 Å². The molecule has 0 aliphatic carbocycles. The van der Waals surface area contributed by atoms with E-state index in [1.54, 1.807) is 6.07 Å². The van der Waals surface area contributed by atoms with Crippen LogP contribution < -0.4 is 34.3 Å². The monoisotopic (exact) mass is 292 g/mol. The molecule has 0 atom stereocenters. The second-order valence-corrected chi connectivity index (χ2v) is 5.57. The van der Waals surface area contributed by atoms with Crippen LogP contribution in [0.25, 0.3) is 0 Å². The van der Waals surface area contributed by atoms with Gasteiger partial charge in [-0.05, 0) is 42.7 Å². The molecule has 4 nitrogen and oxygen atoms in total. The van der Waals surface area contributed by atoms with Gasteiger partial charge in [0.05, 0.1) is 4.90 Å². The topological polar surface area (TPSA) is 66.4 Å². The van der Waals surface area contributed by atoms with Crippen LogP contribution in [0.4, 0.5) is 0 Å². The Balaban J connectivity index is 0.00000324. The summed E-state index contributed by atoms with van der Waals surface area (Å²) in [7, 11) is -4.43. The molecule has 0 aliphatic rings. The van der Waals surface area contributed by atoms with Crippen molar-refractivity contribution in [3.63, 3.8) is 0 Å². The fraction of sp³-hybridized carbons (Fsp3) is 0.385. The van der Waals surface area contributed by atoms with Crippen LogP contribution in [-0.4, -0.2) is 19.6 Å². The maximum absolute atomic E-state index is 11.1. The molecular weight excluding hydrogens is 275 g/mol. The van der Waals surface area contributed by atoms with E-state index in [0.29, 0.717) is 24.3 Å². The van der Waals surface area contributed by atoms with Gasteiger partial charge in [0.2, 0.25) is 0 Å². The number of rotatable bonds is 6. The van der Waals surface area contributed by atoms with E-state index in [2.05, 4.69) is 6.58 Å². The molecule has 0 aliphatic heterocycles. The van der Waals surface area contributed by atoms with Gasteiger partial charge >= 0.3 is 29.6 Å². The van der Waals surface area contributed by atoms with Gasteiger partial charge in [-0.3, -0.25) is 0 Å². The molecule has 0 spiro atoms. The van der Waals surface area contributed by atoms with Crippen LogP contribution in [0.3, 0.4) is 0 Å². The van der Waals surface area contributed by atoms with E-state index in [0.717, 1.165) is 12.0 Å². The Morgan fingerprint density at radius 3 is 2.53 bits per heavy atom. The number of hydrogen-bond donors (Lipinski definition) is 0. The van der Waals surface area contributed by atoms with Crippen molar-refractivity contribution < 1.29 is 47.3 Å². The maximum Gasteiger partial charge on any atom is 1.00 e. The summed E-state index contributed by atoms with van der Waals surface area (Å²) in [5.41, 5.74) is 1.37. The zero-order valence-electron chi connectivity index (χ0n) is 11.6. The van der Waals surface area contributed by atoms with E-state index >= 15 is 0 Å². The van der Waals surface area contributed by atoms with Crippen molar-refractivity contribution >= 4 is 10.1 Å². The quantitative estimate of drug-likeness (QED) is 0.403. The first kappa shape index (κ1) is 18.7. The number of aryl methyl sites for hydroxylation is 1. The zero-order chi connectivity index (χ0) is 13.8. The van der Waals surface area contributed by atoms with Gasteiger partial charge in [-0.25, -0.2) is 8.42 Å². The Morgan fingerprint density at radius 1 is 1.42 bits per heavy atom. The summed E-state index contributed by atoms with van der Waals surface area (Å²) in [6.45, 7) is 7.84. The number of hydrogen-bond acceptors (Lipinski definition) is 4. The molecule has 0 N–H and O–H groups in total. The Kier molecular flexibility index (Phi) is 7.93. The fourth-order valence-electron chi connectivity index (χ4n) is 1.56. The molecule has 1 rings (SSSR count). The van der Waals surface area contributed by atoms with Crippen LogP contribution in [0, 0.1) is 0 Å². The van der Waals surface area contributed by atoms with E-state index in [1.807, 2.05) is 13.8 Å².